The van der Waals surface area contributed by atoms with Crippen molar-refractivity contribution in [2.75, 3.05) is 12.8 Å². The minimum Gasteiger partial charge on any atom is -0.383 e. The van der Waals surface area contributed by atoms with Crippen LogP contribution in [0.3, 0.4) is 0 Å². The maximum Gasteiger partial charge on any atom is 0.161 e. The Hall–Kier alpha value is -0.630. The maximum absolute atomic E-state index is 5.99. The summed E-state index contributed by atoms with van der Waals surface area (Å²) in [7, 11) is 1.60. The van der Waals surface area contributed by atoms with Gasteiger partial charge in [-0.15, -0.1) is 0 Å². The van der Waals surface area contributed by atoms with Crippen molar-refractivity contribution in [1.82, 2.24) is 9.97 Å². The fraction of sp³-hybridized carbons (Fsp3) is 0.167. The number of anilines is 1. The van der Waals surface area contributed by atoms with Crippen LogP contribution in [-0.2, 0) is 11.3 Å². The van der Waals surface area contributed by atoms with Crippen molar-refractivity contribution in [3.8, 4) is 11.4 Å². The highest BCUT2D eigenvalue weighted by atomic mass is 127. The molecule has 0 fully saturated rings. The molecule has 100 valence electrons. The van der Waals surface area contributed by atoms with E-state index >= 15 is 0 Å². The summed E-state index contributed by atoms with van der Waals surface area (Å²) in [5.74, 6) is 0.923. The normalized spacial score (nSPS) is 10.7. The number of ether oxygens (including phenoxy) is 1. The van der Waals surface area contributed by atoms with E-state index in [1.165, 1.54) is 0 Å². The highest BCUT2D eigenvalue weighted by Crippen LogP contribution is 2.28. The van der Waals surface area contributed by atoms with E-state index in [4.69, 9.17) is 33.7 Å². The third-order valence-electron chi connectivity index (χ3n) is 2.40. The summed E-state index contributed by atoms with van der Waals surface area (Å²) in [6.45, 7) is 0.374. The number of nitrogens with zero attached hydrogens (tertiary/aromatic N) is 2. The van der Waals surface area contributed by atoms with Crippen molar-refractivity contribution in [2.24, 2.45) is 0 Å². The molecule has 0 bridgehead atoms. The molecule has 0 radical (unpaired) electrons. The Balaban J connectivity index is 2.52. The Morgan fingerprint density at radius 1 is 1.26 bits per heavy atom. The van der Waals surface area contributed by atoms with Gasteiger partial charge in [-0.1, -0.05) is 23.2 Å². The molecular formula is C12H10Cl2IN3O. The Bertz CT molecular complexity index is 622. The first-order chi connectivity index (χ1) is 9.02. The molecule has 0 aliphatic carbocycles. The van der Waals surface area contributed by atoms with Gasteiger partial charge in [-0.3, -0.25) is 0 Å². The zero-order chi connectivity index (χ0) is 14.0. The predicted molar refractivity (Wildman–Crippen MR) is 85.3 cm³/mol. The molecule has 19 heavy (non-hydrogen) atoms. The predicted octanol–water partition coefficient (Wildman–Crippen LogP) is 3.78. The van der Waals surface area contributed by atoms with Gasteiger partial charge in [0, 0.05) is 12.7 Å². The third kappa shape index (κ3) is 3.28. The van der Waals surface area contributed by atoms with Crippen molar-refractivity contribution < 1.29 is 4.74 Å². The highest BCUT2D eigenvalue weighted by molar-refractivity contribution is 14.1. The summed E-state index contributed by atoms with van der Waals surface area (Å²) in [6.07, 6.45) is 0. The Morgan fingerprint density at radius 2 is 2.00 bits per heavy atom. The van der Waals surface area contributed by atoms with Crippen LogP contribution in [0.4, 0.5) is 5.82 Å². The first kappa shape index (κ1) is 14.8. The van der Waals surface area contributed by atoms with Crippen molar-refractivity contribution >= 4 is 51.6 Å². The SMILES string of the molecule is COCc1nc(-c2ccc(Cl)c(Cl)c2)nc(N)c1I. The number of hydrogen-bond acceptors (Lipinski definition) is 4. The van der Waals surface area contributed by atoms with Gasteiger partial charge in [-0.05, 0) is 40.8 Å². The zero-order valence-corrected chi connectivity index (χ0v) is 13.6. The van der Waals surface area contributed by atoms with Gasteiger partial charge < -0.3 is 10.5 Å². The van der Waals surface area contributed by atoms with Crippen molar-refractivity contribution in [3.63, 3.8) is 0 Å². The average molecular weight is 410 g/mol. The topological polar surface area (TPSA) is 61.0 Å². The molecule has 1 heterocycles. The third-order valence-corrected chi connectivity index (χ3v) is 4.32. The van der Waals surface area contributed by atoms with E-state index in [0.29, 0.717) is 28.3 Å². The fourth-order valence-corrected chi connectivity index (χ4v) is 2.20. The fourth-order valence-electron chi connectivity index (χ4n) is 1.51. The molecule has 1 aromatic carbocycles. The first-order valence-corrected chi connectivity index (χ1v) is 7.12. The number of halogens is 3. The lowest BCUT2D eigenvalue weighted by molar-refractivity contribution is 0.181. The number of hydrogen-bond donors (Lipinski definition) is 1. The molecule has 0 atom stereocenters. The zero-order valence-electron chi connectivity index (χ0n) is 9.95. The second kappa shape index (κ2) is 6.21. The van der Waals surface area contributed by atoms with Crippen molar-refractivity contribution in [1.29, 1.82) is 0 Å². The van der Waals surface area contributed by atoms with Crippen LogP contribution in [0.5, 0.6) is 0 Å². The van der Waals surface area contributed by atoms with E-state index in [0.717, 1.165) is 14.8 Å². The van der Waals surface area contributed by atoms with Gasteiger partial charge in [0.2, 0.25) is 0 Å². The smallest absolute Gasteiger partial charge is 0.161 e. The molecule has 0 amide bonds. The van der Waals surface area contributed by atoms with Crippen molar-refractivity contribution in [3.05, 3.63) is 37.5 Å². The quantitative estimate of drug-likeness (QED) is 0.783. The maximum atomic E-state index is 5.99. The lowest BCUT2D eigenvalue weighted by Gasteiger charge is -2.09. The minimum absolute atomic E-state index is 0.374. The summed E-state index contributed by atoms with van der Waals surface area (Å²) in [5.41, 5.74) is 7.39. The van der Waals surface area contributed by atoms with E-state index in [9.17, 15) is 0 Å². The monoisotopic (exact) mass is 409 g/mol. The van der Waals surface area contributed by atoms with Crippen LogP contribution in [0.2, 0.25) is 10.0 Å². The average Bonchev–Trinajstić information content (AvgIpc) is 2.38. The van der Waals surface area contributed by atoms with Gasteiger partial charge in [-0.25, -0.2) is 9.97 Å². The van der Waals surface area contributed by atoms with E-state index in [2.05, 4.69) is 32.6 Å². The molecule has 0 unspecified atom stereocenters. The number of methoxy groups -OCH3 is 1. The molecule has 1 aromatic heterocycles. The lowest BCUT2D eigenvalue weighted by atomic mass is 10.2. The second-order valence-electron chi connectivity index (χ2n) is 3.76. The lowest BCUT2D eigenvalue weighted by Crippen LogP contribution is -2.05. The molecule has 2 aromatic rings. The molecule has 0 saturated heterocycles. The van der Waals surface area contributed by atoms with Crippen LogP contribution in [-0.4, -0.2) is 17.1 Å². The number of nitrogens with two attached hydrogens (primary N) is 1. The van der Waals surface area contributed by atoms with Gasteiger partial charge in [0.05, 0.1) is 25.9 Å². The van der Waals surface area contributed by atoms with Crippen LogP contribution in [0.25, 0.3) is 11.4 Å². The van der Waals surface area contributed by atoms with Gasteiger partial charge in [0.15, 0.2) is 5.82 Å². The van der Waals surface area contributed by atoms with E-state index < -0.39 is 0 Å². The van der Waals surface area contributed by atoms with Crippen LogP contribution in [0.1, 0.15) is 5.69 Å². The summed E-state index contributed by atoms with van der Waals surface area (Å²) in [5, 5.41) is 0.939. The second-order valence-corrected chi connectivity index (χ2v) is 5.65. The summed E-state index contributed by atoms with van der Waals surface area (Å²) >= 11 is 14.0. The van der Waals surface area contributed by atoms with E-state index in [-0.39, 0.29) is 0 Å². The molecular weight excluding hydrogens is 400 g/mol. The Labute approximate surface area is 134 Å². The van der Waals surface area contributed by atoms with Gasteiger partial charge >= 0.3 is 0 Å². The highest BCUT2D eigenvalue weighted by Gasteiger charge is 2.12. The van der Waals surface area contributed by atoms with Crippen molar-refractivity contribution in [2.45, 2.75) is 6.61 Å². The number of rotatable bonds is 3. The van der Waals surface area contributed by atoms with Crippen LogP contribution < -0.4 is 5.73 Å². The van der Waals surface area contributed by atoms with Gasteiger partial charge in [0.25, 0.3) is 0 Å². The molecule has 2 N–H and O–H groups in total. The molecule has 0 aliphatic rings. The Morgan fingerprint density at radius 3 is 2.63 bits per heavy atom. The van der Waals surface area contributed by atoms with Crippen LogP contribution >= 0.6 is 45.8 Å². The molecule has 2 rings (SSSR count). The number of aromatic nitrogens is 2. The van der Waals surface area contributed by atoms with Crippen LogP contribution in [0, 0.1) is 3.57 Å². The number of benzene rings is 1. The molecule has 4 nitrogen and oxygen atoms in total. The molecule has 0 saturated carbocycles. The van der Waals surface area contributed by atoms with E-state index in [1.54, 1.807) is 25.3 Å². The van der Waals surface area contributed by atoms with Gasteiger partial charge in [0.1, 0.15) is 5.82 Å². The van der Waals surface area contributed by atoms with Gasteiger partial charge in [-0.2, -0.15) is 0 Å². The largest absolute Gasteiger partial charge is 0.383 e. The summed E-state index contributed by atoms with van der Waals surface area (Å²) < 4.78 is 5.89. The van der Waals surface area contributed by atoms with Crippen LogP contribution in [0.15, 0.2) is 18.2 Å². The first-order valence-electron chi connectivity index (χ1n) is 5.29. The standard InChI is InChI=1S/C12H10Cl2IN3O/c1-19-5-9-10(15)11(16)18-12(17-9)6-2-3-7(13)8(14)4-6/h2-4H,5H2,1H3,(H2,16,17,18). The Kier molecular flexibility index (Phi) is 4.83. The summed E-state index contributed by atoms with van der Waals surface area (Å²) in [6, 6.07) is 5.21. The molecule has 0 aliphatic heterocycles. The minimum atomic E-state index is 0.374. The number of nitrogen functional groups attached to an aromatic ring is 1. The molecule has 7 heteroatoms. The summed E-state index contributed by atoms with van der Waals surface area (Å²) in [4.78, 5) is 8.70. The molecule has 0 spiro atoms. The van der Waals surface area contributed by atoms with E-state index in [1.807, 2.05) is 0 Å².